The van der Waals surface area contributed by atoms with E-state index in [0.717, 1.165) is 54.3 Å². The second kappa shape index (κ2) is 7.98. The lowest BCUT2D eigenvalue weighted by Gasteiger charge is -2.33. The fraction of sp³-hybridized carbons (Fsp3) is 0.600. The van der Waals surface area contributed by atoms with Crippen LogP contribution in [0.4, 0.5) is 0 Å². The fourth-order valence-corrected chi connectivity index (χ4v) is 3.05. The van der Waals surface area contributed by atoms with Gasteiger partial charge in [0.2, 0.25) is 0 Å². The average molecular weight is 359 g/mol. The van der Waals surface area contributed by atoms with Crippen LogP contribution >= 0.6 is 15.9 Å². The summed E-state index contributed by atoms with van der Waals surface area (Å²) in [6.45, 7) is 4.32. The van der Waals surface area contributed by atoms with E-state index >= 15 is 0 Å². The van der Waals surface area contributed by atoms with Gasteiger partial charge in [-0.1, -0.05) is 0 Å². The van der Waals surface area contributed by atoms with Crippen molar-refractivity contribution in [3.63, 3.8) is 0 Å². The first-order valence-corrected chi connectivity index (χ1v) is 7.86. The standard InChI is InChI=1S/C15H23BrN2O3/c1-17-8-12-10-18(4-5-21-12)9-11-6-15(20-3)13(16)7-14(11)19-2/h6-7,12,17H,4-5,8-10H2,1-3H3. The summed E-state index contributed by atoms with van der Waals surface area (Å²) in [5, 5.41) is 3.17. The molecule has 21 heavy (non-hydrogen) atoms. The second-order valence-corrected chi connectivity index (χ2v) is 5.94. The van der Waals surface area contributed by atoms with E-state index in [4.69, 9.17) is 14.2 Å². The normalized spacial score (nSPS) is 19.5. The highest BCUT2D eigenvalue weighted by Gasteiger charge is 2.21. The largest absolute Gasteiger partial charge is 0.496 e. The Bertz CT molecular complexity index is 468. The highest BCUT2D eigenvalue weighted by atomic mass is 79.9. The lowest BCUT2D eigenvalue weighted by molar-refractivity contribution is -0.0293. The molecule has 118 valence electrons. The first kappa shape index (κ1) is 16.5. The van der Waals surface area contributed by atoms with Gasteiger partial charge in [-0.2, -0.15) is 0 Å². The quantitative estimate of drug-likeness (QED) is 0.840. The van der Waals surface area contributed by atoms with E-state index < -0.39 is 0 Å². The highest BCUT2D eigenvalue weighted by Crippen LogP contribution is 2.33. The molecule has 1 saturated heterocycles. The van der Waals surface area contributed by atoms with Crippen LogP contribution in [0.5, 0.6) is 11.5 Å². The molecule has 1 aromatic rings. The third-order valence-electron chi connectivity index (χ3n) is 3.60. The molecule has 0 saturated carbocycles. The summed E-state index contributed by atoms with van der Waals surface area (Å²) >= 11 is 3.49. The Hall–Kier alpha value is -0.820. The van der Waals surface area contributed by atoms with Crippen LogP contribution in [0.3, 0.4) is 0 Å². The van der Waals surface area contributed by atoms with Crippen LogP contribution in [-0.4, -0.2) is 58.5 Å². The molecular formula is C15H23BrN2O3. The van der Waals surface area contributed by atoms with E-state index in [1.807, 2.05) is 19.2 Å². The van der Waals surface area contributed by atoms with Crippen LogP contribution in [0.2, 0.25) is 0 Å². The maximum absolute atomic E-state index is 5.74. The van der Waals surface area contributed by atoms with Crippen LogP contribution in [0.25, 0.3) is 0 Å². The molecule has 0 spiro atoms. The minimum absolute atomic E-state index is 0.243. The minimum Gasteiger partial charge on any atom is -0.496 e. The Morgan fingerprint density at radius 2 is 2.10 bits per heavy atom. The number of benzene rings is 1. The SMILES string of the molecule is CNCC1CN(Cc2cc(OC)c(Br)cc2OC)CCO1. The molecule has 1 heterocycles. The van der Waals surface area contributed by atoms with Gasteiger partial charge in [-0.25, -0.2) is 0 Å². The van der Waals surface area contributed by atoms with Gasteiger partial charge in [0.25, 0.3) is 0 Å². The number of halogens is 1. The monoisotopic (exact) mass is 358 g/mol. The van der Waals surface area contributed by atoms with Crippen molar-refractivity contribution in [2.45, 2.75) is 12.6 Å². The van der Waals surface area contributed by atoms with Gasteiger partial charge in [0.15, 0.2) is 0 Å². The molecule has 0 radical (unpaired) electrons. The predicted octanol–water partition coefficient (Wildman–Crippen LogP) is 1.89. The first-order chi connectivity index (χ1) is 10.2. The number of hydrogen-bond acceptors (Lipinski definition) is 5. The summed E-state index contributed by atoms with van der Waals surface area (Å²) in [5.41, 5.74) is 1.13. The van der Waals surface area contributed by atoms with E-state index in [-0.39, 0.29) is 6.10 Å². The highest BCUT2D eigenvalue weighted by molar-refractivity contribution is 9.10. The van der Waals surface area contributed by atoms with Crippen LogP contribution in [-0.2, 0) is 11.3 Å². The molecule has 1 aliphatic heterocycles. The maximum atomic E-state index is 5.74. The summed E-state index contributed by atoms with van der Waals surface area (Å²) in [7, 11) is 5.32. The third kappa shape index (κ3) is 4.32. The molecular weight excluding hydrogens is 336 g/mol. The van der Waals surface area contributed by atoms with E-state index in [1.54, 1.807) is 14.2 Å². The van der Waals surface area contributed by atoms with Crippen LogP contribution in [0.1, 0.15) is 5.56 Å². The number of methoxy groups -OCH3 is 2. The lowest BCUT2D eigenvalue weighted by atomic mass is 10.1. The number of rotatable bonds is 6. The van der Waals surface area contributed by atoms with Gasteiger partial charge in [-0.15, -0.1) is 0 Å². The zero-order valence-electron chi connectivity index (χ0n) is 12.8. The zero-order valence-corrected chi connectivity index (χ0v) is 14.4. The van der Waals surface area contributed by atoms with Crippen LogP contribution in [0.15, 0.2) is 16.6 Å². The van der Waals surface area contributed by atoms with E-state index in [2.05, 4.69) is 26.1 Å². The number of nitrogens with zero attached hydrogens (tertiary/aromatic N) is 1. The minimum atomic E-state index is 0.243. The molecule has 0 aromatic heterocycles. The van der Waals surface area contributed by atoms with Gasteiger partial charge in [0, 0.05) is 31.7 Å². The third-order valence-corrected chi connectivity index (χ3v) is 4.22. The molecule has 1 N–H and O–H groups in total. The van der Waals surface area contributed by atoms with Gasteiger partial charge < -0.3 is 19.5 Å². The van der Waals surface area contributed by atoms with Crippen molar-refractivity contribution in [2.75, 3.05) is 47.5 Å². The molecule has 0 aliphatic carbocycles. The van der Waals surface area contributed by atoms with Crippen LogP contribution < -0.4 is 14.8 Å². The first-order valence-electron chi connectivity index (χ1n) is 7.07. The van der Waals surface area contributed by atoms with Crippen molar-refractivity contribution in [3.8, 4) is 11.5 Å². The summed E-state index contributed by atoms with van der Waals surface area (Å²) in [4.78, 5) is 2.39. The van der Waals surface area contributed by atoms with Crippen molar-refractivity contribution >= 4 is 15.9 Å². The number of hydrogen-bond donors (Lipinski definition) is 1. The second-order valence-electron chi connectivity index (χ2n) is 5.08. The molecule has 0 amide bonds. The fourth-order valence-electron chi connectivity index (χ4n) is 2.56. The van der Waals surface area contributed by atoms with E-state index in [1.165, 1.54) is 0 Å². The summed E-state index contributed by atoms with van der Waals surface area (Å²) in [6, 6.07) is 3.99. The van der Waals surface area contributed by atoms with Crippen molar-refractivity contribution < 1.29 is 14.2 Å². The summed E-state index contributed by atoms with van der Waals surface area (Å²) in [6.07, 6.45) is 0.243. The van der Waals surface area contributed by atoms with Gasteiger partial charge in [0.1, 0.15) is 11.5 Å². The van der Waals surface area contributed by atoms with Gasteiger partial charge >= 0.3 is 0 Å². The summed E-state index contributed by atoms with van der Waals surface area (Å²) < 4.78 is 17.5. The van der Waals surface area contributed by atoms with Crippen molar-refractivity contribution in [1.82, 2.24) is 10.2 Å². The Labute approximate surface area is 134 Å². The number of nitrogens with one attached hydrogen (secondary N) is 1. The van der Waals surface area contributed by atoms with Crippen molar-refractivity contribution in [1.29, 1.82) is 0 Å². The van der Waals surface area contributed by atoms with Gasteiger partial charge in [-0.3, -0.25) is 4.90 Å². The predicted molar refractivity (Wildman–Crippen MR) is 86.2 cm³/mol. The molecule has 5 nitrogen and oxygen atoms in total. The van der Waals surface area contributed by atoms with Gasteiger partial charge in [0.05, 0.1) is 31.4 Å². The Balaban J connectivity index is 2.10. The van der Waals surface area contributed by atoms with Crippen LogP contribution in [0, 0.1) is 0 Å². The van der Waals surface area contributed by atoms with Crippen molar-refractivity contribution in [2.24, 2.45) is 0 Å². The van der Waals surface area contributed by atoms with Gasteiger partial charge in [-0.05, 0) is 35.1 Å². The summed E-state index contributed by atoms with van der Waals surface area (Å²) in [5.74, 6) is 1.70. The molecule has 1 atom stereocenters. The maximum Gasteiger partial charge on any atom is 0.133 e. The zero-order chi connectivity index (χ0) is 15.2. The lowest BCUT2D eigenvalue weighted by Crippen LogP contribution is -2.45. The molecule has 1 fully saturated rings. The molecule has 0 bridgehead atoms. The molecule has 1 unspecified atom stereocenters. The molecule has 6 heteroatoms. The Morgan fingerprint density at radius 3 is 2.76 bits per heavy atom. The molecule has 2 rings (SSSR count). The Morgan fingerprint density at radius 1 is 1.33 bits per heavy atom. The molecule has 1 aromatic carbocycles. The molecule has 1 aliphatic rings. The average Bonchev–Trinajstić information content (AvgIpc) is 2.49. The number of morpholine rings is 1. The van der Waals surface area contributed by atoms with E-state index in [9.17, 15) is 0 Å². The Kier molecular flexibility index (Phi) is 6.29. The number of ether oxygens (including phenoxy) is 3. The smallest absolute Gasteiger partial charge is 0.133 e. The van der Waals surface area contributed by atoms with E-state index in [0.29, 0.717) is 0 Å². The topological polar surface area (TPSA) is 43.0 Å². The number of likely N-dealkylation sites (N-methyl/N-ethyl adjacent to an activating group) is 1. The van der Waals surface area contributed by atoms with Crippen molar-refractivity contribution in [3.05, 3.63) is 22.2 Å².